The molecular weight excluding hydrogens is 607 g/mol. The van der Waals surface area contributed by atoms with Gasteiger partial charge in [0.15, 0.2) is 4.80 Å². The molecule has 0 saturated carbocycles. The lowest BCUT2D eigenvalue weighted by Crippen LogP contribution is -2.38. The molecule has 0 fully saturated rings. The smallest absolute Gasteiger partial charge is 0.271 e. The standard InChI is InChI=1S/C27H18BrIN2OS/c28-19-11-8-18(9-12-19)25-22-13-10-17-5-1-2-7-21(17)24(22)30-27-31(25)26(32)23(33-27)15-16-4-3-6-20(29)14-16/h1-9,11-12,14-15,25H,10,13H2/b23-15-/t25-/m0/s1. The van der Waals surface area contributed by atoms with E-state index in [0.717, 1.165) is 42.5 Å². The van der Waals surface area contributed by atoms with Crippen LogP contribution in [0.5, 0.6) is 0 Å². The molecule has 33 heavy (non-hydrogen) atoms. The highest BCUT2D eigenvalue weighted by Gasteiger charge is 2.32. The van der Waals surface area contributed by atoms with Gasteiger partial charge in [-0.1, -0.05) is 75.8 Å². The van der Waals surface area contributed by atoms with E-state index in [1.807, 2.05) is 34.9 Å². The summed E-state index contributed by atoms with van der Waals surface area (Å²) in [6.07, 6.45) is 3.85. The molecule has 0 unspecified atom stereocenters. The van der Waals surface area contributed by atoms with Crippen molar-refractivity contribution in [2.75, 3.05) is 0 Å². The average Bonchev–Trinajstić information content (AvgIpc) is 3.13. The third kappa shape index (κ3) is 3.78. The van der Waals surface area contributed by atoms with Gasteiger partial charge >= 0.3 is 0 Å². The fraction of sp³-hybridized carbons (Fsp3) is 0.111. The van der Waals surface area contributed by atoms with Gasteiger partial charge in [0.2, 0.25) is 0 Å². The number of allylic oxidation sites excluding steroid dienone is 1. The lowest BCUT2D eigenvalue weighted by Gasteiger charge is -2.30. The molecule has 6 rings (SSSR count). The molecule has 0 N–H and O–H groups in total. The molecule has 0 amide bonds. The summed E-state index contributed by atoms with van der Waals surface area (Å²) in [5, 5.41) is 0. The van der Waals surface area contributed by atoms with Gasteiger partial charge in [-0.25, -0.2) is 4.99 Å². The molecule has 1 aliphatic carbocycles. The quantitative estimate of drug-likeness (QED) is 0.264. The topological polar surface area (TPSA) is 34.4 Å². The Bertz CT molecular complexity index is 1620. The van der Waals surface area contributed by atoms with Gasteiger partial charge in [0, 0.05) is 13.6 Å². The first-order valence-electron chi connectivity index (χ1n) is 10.7. The van der Waals surface area contributed by atoms with Crippen LogP contribution in [-0.2, 0) is 6.42 Å². The minimum atomic E-state index is -0.143. The first-order valence-corrected chi connectivity index (χ1v) is 13.4. The summed E-state index contributed by atoms with van der Waals surface area (Å²) in [4.78, 5) is 19.6. The summed E-state index contributed by atoms with van der Waals surface area (Å²) in [7, 11) is 0. The number of nitrogens with zero attached hydrogens (tertiary/aromatic N) is 2. The van der Waals surface area contributed by atoms with Gasteiger partial charge in [0.1, 0.15) is 0 Å². The maximum absolute atomic E-state index is 13.7. The van der Waals surface area contributed by atoms with Crippen LogP contribution in [0.2, 0.25) is 0 Å². The Morgan fingerprint density at radius 2 is 1.85 bits per heavy atom. The van der Waals surface area contributed by atoms with Gasteiger partial charge in [0.25, 0.3) is 5.56 Å². The molecule has 3 nitrogen and oxygen atoms in total. The molecule has 2 aliphatic rings. The maximum atomic E-state index is 13.7. The van der Waals surface area contributed by atoms with Crippen molar-refractivity contribution in [2.24, 2.45) is 4.99 Å². The molecular formula is C27H18BrIN2OS. The number of halogens is 2. The van der Waals surface area contributed by atoms with Crippen LogP contribution in [0.1, 0.15) is 34.7 Å². The van der Waals surface area contributed by atoms with E-state index in [1.54, 1.807) is 0 Å². The van der Waals surface area contributed by atoms with E-state index >= 15 is 0 Å². The van der Waals surface area contributed by atoms with E-state index in [1.165, 1.54) is 28.0 Å². The number of hydrogen-bond donors (Lipinski definition) is 0. The zero-order valence-electron chi connectivity index (χ0n) is 17.5. The number of aromatic nitrogens is 1. The van der Waals surface area contributed by atoms with Crippen LogP contribution in [0.25, 0.3) is 11.8 Å². The average molecular weight is 625 g/mol. The SMILES string of the molecule is O=c1/c(=C/c2cccc(I)c2)sc2n1[C@@H](c1ccc(Br)cc1)C1=C(N=2)c2ccccc2CC1. The van der Waals surface area contributed by atoms with Crippen LogP contribution in [0.4, 0.5) is 0 Å². The van der Waals surface area contributed by atoms with Crippen molar-refractivity contribution >= 4 is 61.6 Å². The summed E-state index contributed by atoms with van der Waals surface area (Å²) in [5.41, 5.74) is 6.94. The van der Waals surface area contributed by atoms with Gasteiger partial charge in [-0.05, 0) is 88.0 Å². The Morgan fingerprint density at radius 3 is 2.67 bits per heavy atom. The monoisotopic (exact) mass is 624 g/mol. The minimum Gasteiger partial charge on any atom is -0.272 e. The fourth-order valence-electron chi connectivity index (χ4n) is 4.72. The lowest BCUT2D eigenvalue weighted by molar-refractivity contribution is 0.585. The van der Waals surface area contributed by atoms with Crippen LogP contribution < -0.4 is 14.9 Å². The normalized spacial score (nSPS) is 17.3. The molecule has 4 aromatic rings. The molecule has 6 heteroatoms. The van der Waals surface area contributed by atoms with Gasteiger partial charge in [0.05, 0.1) is 16.3 Å². The Balaban J connectivity index is 1.63. The van der Waals surface area contributed by atoms with Gasteiger partial charge < -0.3 is 0 Å². The first-order chi connectivity index (χ1) is 16.1. The van der Waals surface area contributed by atoms with Crippen molar-refractivity contribution in [1.82, 2.24) is 4.57 Å². The number of thiazole rings is 1. The highest BCUT2D eigenvalue weighted by atomic mass is 127. The minimum absolute atomic E-state index is 0.0240. The molecule has 3 aromatic carbocycles. The summed E-state index contributed by atoms with van der Waals surface area (Å²) in [5.74, 6) is 0. The number of hydrogen-bond acceptors (Lipinski definition) is 3. The second kappa shape index (κ2) is 8.49. The van der Waals surface area contributed by atoms with Crippen molar-refractivity contribution < 1.29 is 0 Å². The predicted octanol–water partition coefficient (Wildman–Crippen LogP) is 5.69. The molecule has 162 valence electrons. The van der Waals surface area contributed by atoms with E-state index in [0.29, 0.717) is 4.53 Å². The van der Waals surface area contributed by atoms with Gasteiger partial charge in [-0.3, -0.25) is 9.36 Å². The highest BCUT2D eigenvalue weighted by molar-refractivity contribution is 14.1. The third-order valence-corrected chi connectivity index (χ3v) is 8.39. The number of aryl methyl sites for hydroxylation is 1. The number of rotatable bonds is 2. The summed E-state index contributed by atoms with van der Waals surface area (Å²) in [6, 6.07) is 24.9. The fourth-order valence-corrected chi connectivity index (χ4v) is 6.55. The van der Waals surface area contributed by atoms with Crippen molar-refractivity contribution in [3.63, 3.8) is 0 Å². The molecule has 1 aliphatic heterocycles. The third-order valence-electron chi connectivity index (χ3n) is 6.21. The number of fused-ring (bicyclic) bond motifs is 3. The summed E-state index contributed by atoms with van der Waals surface area (Å²) >= 11 is 7.33. The van der Waals surface area contributed by atoms with Crippen LogP contribution in [0, 0.1) is 3.57 Å². The second-order valence-corrected chi connectivity index (χ2v) is 11.4. The Kier molecular flexibility index (Phi) is 5.47. The van der Waals surface area contributed by atoms with Crippen LogP contribution >= 0.6 is 49.9 Å². The molecule has 1 aromatic heterocycles. The van der Waals surface area contributed by atoms with Crippen LogP contribution in [-0.4, -0.2) is 4.57 Å². The van der Waals surface area contributed by atoms with Crippen molar-refractivity contribution in [1.29, 1.82) is 0 Å². The zero-order chi connectivity index (χ0) is 22.5. The molecule has 0 radical (unpaired) electrons. The molecule has 0 saturated heterocycles. The van der Waals surface area contributed by atoms with Crippen molar-refractivity contribution in [3.8, 4) is 0 Å². The number of benzene rings is 3. The second-order valence-electron chi connectivity index (χ2n) is 8.22. The van der Waals surface area contributed by atoms with Gasteiger partial charge in [-0.2, -0.15) is 0 Å². The molecule has 1 atom stereocenters. The predicted molar refractivity (Wildman–Crippen MR) is 146 cm³/mol. The summed E-state index contributed by atoms with van der Waals surface area (Å²) < 4.78 is 4.79. The Hall–Kier alpha value is -2.29. The van der Waals surface area contributed by atoms with Crippen molar-refractivity contribution in [3.05, 3.63) is 128 Å². The molecule has 0 spiro atoms. The summed E-state index contributed by atoms with van der Waals surface area (Å²) in [6.45, 7) is 0. The van der Waals surface area contributed by atoms with Crippen molar-refractivity contribution in [2.45, 2.75) is 18.9 Å². The Morgan fingerprint density at radius 1 is 1.03 bits per heavy atom. The largest absolute Gasteiger partial charge is 0.272 e. The maximum Gasteiger partial charge on any atom is 0.271 e. The molecule has 0 bridgehead atoms. The van der Waals surface area contributed by atoms with E-state index in [4.69, 9.17) is 4.99 Å². The van der Waals surface area contributed by atoms with Crippen LogP contribution in [0.15, 0.2) is 92.6 Å². The highest BCUT2D eigenvalue weighted by Crippen LogP contribution is 2.41. The van der Waals surface area contributed by atoms with Crippen LogP contribution in [0.3, 0.4) is 0 Å². The zero-order valence-corrected chi connectivity index (χ0v) is 22.0. The lowest BCUT2D eigenvalue weighted by atomic mass is 9.83. The first kappa shape index (κ1) is 21.3. The van der Waals surface area contributed by atoms with Gasteiger partial charge in [-0.15, -0.1) is 0 Å². The molecule has 2 heterocycles. The van der Waals surface area contributed by atoms with E-state index < -0.39 is 0 Å². The van der Waals surface area contributed by atoms with E-state index in [9.17, 15) is 4.79 Å². The van der Waals surface area contributed by atoms with E-state index in [-0.39, 0.29) is 11.6 Å². The Labute approximate surface area is 217 Å². The van der Waals surface area contributed by atoms with E-state index in [2.05, 4.69) is 87.1 Å².